The minimum absolute atomic E-state index is 0.244. The normalized spacial score (nSPS) is 12.0. The molecule has 0 fully saturated rings. The van der Waals surface area contributed by atoms with Gasteiger partial charge in [0.1, 0.15) is 0 Å². The molecule has 0 spiro atoms. The van der Waals surface area contributed by atoms with E-state index in [1.807, 2.05) is 31.2 Å². The molecule has 2 rings (SSSR count). The second-order valence-corrected chi connectivity index (χ2v) is 5.42. The summed E-state index contributed by atoms with van der Waals surface area (Å²) >= 11 is 6.12. The van der Waals surface area contributed by atoms with Gasteiger partial charge in [-0.2, -0.15) is 0 Å². The molecule has 2 N–H and O–H groups in total. The van der Waals surface area contributed by atoms with E-state index < -0.39 is 6.10 Å². The van der Waals surface area contributed by atoms with Crippen LogP contribution < -0.4 is 5.32 Å². The Kier molecular flexibility index (Phi) is 5.92. The number of hydrogen-bond donors (Lipinski definition) is 2. The Bertz CT molecular complexity index is 632. The number of nitrogens with one attached hydrogen (secondary N) is 1. The third-order valence-electron chi connectivity index (χ3n) is 3.41. The number of aliphatic hydroxyl groups excluding tert-OH is 1. The summed E-state index contributed by atoms with van der Waals surface area (Å²) in [6.45, 7) is 2.32. The van der Waals surface area contributed by atoms with E-state index in [0.717, 1.165) is 11.3 Å². The molecule has 1 amide bonds. The van der Waals surface area contributed by atoms with E-state index >= 15 is 0 Å². The summed E-state index contributed by atoms with van der Waals surface area (Å²) in [6, 6.07) is 10.9. The maximum Gasteiger partial charge on any atom is 0.252 e. The van der Waals surface area contributed by atoms with Gasteiger partial charge in [0, 0.05) is 18.3 Å². The van der Waals surface area contributed by atoms with Gasteiger partial charge < -0.3 is 10.4 Å². The number of aliphatic hydroxyl groups is 1. The zero-order valence-corrected chi connectivity index (χ0v) is 13.2. The third kappa shape index (κ3) is 4.29. The van der Waals surface area contributed by atoms with E-state index in [9.17, 15) is 9.90 Å². The van der Waals surface area contributed by atoms with E-state index in [1.165, 1.54) is 0 Å². The molecule has 0 aliphatic carbocycles. The Balaban J connectivity index is 2.11. The highest BCUT2D eigenvalue weighted by atomic mass is 35.5. The van der Waals surface area contributed by atoms with Crippen molar-refractivity contribution >= 4 is 17.5 Å². The van der Waals surface area contributed by atoms with Crippen LogP contribution in [0.15, 0.2) is 42.6 Å². The molecular weight excluding hydrogens is 300 g/mol. The standard InChI is InChI=1S/C17H19ClN2O2/c1-2-13(21)8-10-20-17(22)14-11-12(6-7-15(14)18)16-5-3-4-9-19-16/h3-7,9,11,13,21H,2,8,10H2,1H3,(H,20,22). The molecule has 5 heteroatoms. The maximum atomic E-state index is 12.2. The van der Waals surface area contributed by atoms with Gasteiger partial charge in [-0.05, 0) is 37.1 Å². The Morgan fingerprint density at radius 3 is 2.86 bits per heavy atom. The van der Waals surface area contributed by atoms with Crippen molar-refractivity contribution in [2.45, 2.75) is 25.9 Å². The first kappa shape index (κ1) is 16.5. The average molecular weight is 319 g/mol. The highest BCUT2D eigenvalue weighted by Gasteiger charge is 2.12. The first-order chi connectivity index (χ1) is 10.6. The van der Waals surface area contributed by atoms with E-state index in [4.69, 9.17) is 11.6 Å². The van der Waals surface area contributed by atoms with Crippen molar-refractivity contribution in [3.05, 3.63) is 53.2 Å². The number of halogens is 1. The highest BCUT2D eigenvalue weighted by molar-refractivity contribution is 6.34. The molecule has 0 aliphatic heterocycles. The molecule has 1 unspecified atom stereocenters. The molecule has 2 aromatic rings. The highest BCUT2D eigenvalue weighted by Crippen LogP contribution is 2.23. The van der Waals surface area contributed by atoms with Crippen LogP contribution in [0, 0.1) is 0 Å². The molecule has 22 heavy (non-hydrogen) atoms. The van der Waals surface area contributed by atoms with E-state index in [0.29, 0.717) is 30.0 Å². The number of pyridine rings is 1. The molecule has 0 radical (unpaired) electrons. The van der Waals surface area contributed by atoms with Crippen LogP contribution in [-0.2, 0) is 0 Å². The van der Waals surface area contributed by atoms with E-state index in [1.54, 1.807) is 18.3 Å². The Hall–Kier alpha value is -1.91. The second-order valence-electron chi connectivity index (χ2n) is 5.02. The number of rotatable bonds is 6. The van der Waals surface area contributed by atoms with Crippen LogP contribution in [0.25, 0.3) is 11.3 Å². The molecule has 0 aliphatic rings. The van der Waals surface area contributed by atoms with Crippen molar-refractivity contribution in [1.82, 2.24) is 10.3 Å². The van der Waals surface area contributed by atoms with Crippen LogP contribution in [0.1, 0.15) is 30.1 Å². The summed E-state index contributed by atoms with van der Waals surface area (Å²) in [6.07, 6.45) is 2.51. The lowest BCUT2D eigenvalue weighted by molar-refractivity contribution is 0.0942. The average Bonchev–Trinajstić information content (AvgIpc) is 2.55. The van der Waals surface area contributed by atoms with Gasteiger partial charge in [-0.1, -0.05) is 30.7 Å². The number of benzene rings is 1. The fraction of sp³-hybridized carbons (Fsp3) is 0.294. The van der Waals surface area contributed by atoms with Crippen molar-refractivity contribution in [3.8, 4) is 11.3 Å². The number of carbonyl (C=O) groups is 1. The molecule has 1 heterocycles. The van der Waals surface area contributed by atoms with Crippen molar-refractivity contribution in [2.75, 3.05) is 6.54 Å². The van der Waals surface area contributed by atoms with Gasteiger partial charge in [-0.25, -0.2) is 0 Å². The Morgan fingerprint density at radius 1 is 1.36 bits per heavy atom. The predicted octanol–water partition coefficient (Wildman–Crippen LogP) is 3.29. The quantitative estimate of drug-likeness (QED) is 0.859. The lowest BCUT2D eigenvalue weighted by atomic mass is 10.1. The van der Waals surface area contributed by atoms with Gasteiger partial charge in [-0.15, -0.1) is 0 Å². The summed E-state index contributed by atoms with van der Waals surface area (Å²) < 4.78 is 0. The molecular formula is C17H19ClN2O2. The minimum Gasteiger partial charge on any atom is -0.393 e. The summed E-state index contributed by atoms with van der Waals surface area (Å²) in [5.74, 6) is -0.244. The summed E-state index contributed by atoms with van der Waals surface area (Å²) in [5.41, 5.74) is 2.04. The molecule has 1 aromatic carbocycles. The largest absolute Gasteiger partial charge is 0.393 e. The zero-order chi connectivity index (χ0) is 15.9. The minimum atomic E-state index is -0.393. The molecule has 1 atom stereocenters. The second kappa shape index (κ2) is 7.92. The van der Waals surface area contributed by atoms with Gasteiger partial charge in [0.05, 0.1) is 22.4 Å². The van der Waals surface area contributed by atoms with Crippen LogP contribution in [-0.4, -0.2) is 28.6 Å². The van der Waals surface area contributed by atoms with Crippen molar-refractivity contribution < 1.29 is 9.90 Å². The third-order valence-corrected chi connectivity index (χ3v) is 3.74. The van der Waals surface area contributed by atoms with Crippen LogP contribution in [0.5, 0.6) is 0 Å². The number of aromatic nitrogens is 1. The van der Waals surface area contributed by atoms with Gasteiger partial charge in [0.15, 0.2) is 0 Å². The van der Waals surface area contributed by atoms with Crippen molar-refractivity contribution in [3.63, 3.8) is 0 Å². The monoisotopic (exact) mass is 318 g/mol. The molecule has 0 saturated carbocycles. The smallest absolute Gasteiger partial charge is 0.252 e. The summed E-state index contributed by atoms with van der Waals surface area (Å²) in [7, 11) is 0. The van der Waals surface area contributed by atoms with Crippen molar-refractivity contribution in [1.29, 1.82) is 0 Å². The topological polar surface area (TPSA) is 62.2 Å². The lowest BCUT2D eigenvalue weighted by Crippen LogP contribution is -2.27. The lowest BCUT2D eigenvalue weighted by Gasteiger charge is -2.10. The van der Waals surface area contributed by atoms with Gasteiger partial charge in [0.25, 0.3) is 5.91 Å². The van der Waals surface area contributed by atoms with Crippen molar-refractivity contribution in [2.24, 2.45) is 0 Å². The van der Waals surface area contributed by atoms with Gasteiger partial charge in [-0.3, -0.25) is 9.78 Å². The first-order valence-electron chi connectivity index (χ1n) is 7.29. The van der Waals surface area contributed by atoms with Gasteiger partial charge in [0.2, 0.25) is 0 Å². The zero-order valence-electron chi connectivity index (χ0n) is 12.4. The molecule has 116 valence electrons. The molecule has 4 nitrogen and oxygen atoms in total. The maximum absolute atomic E-state index is 12.2. The van der Waals surface area contributed by atoms with Crippen LogP contribution in [0.4, 0.5) is 0 Å². The molecule has 1 aromatic heterocycles. The van der Waals surface area contributed by atoms with E-state index in [-0.39, 0.29) is 5.91 Å². The van der Waals surface area contributed by atoms with Crippen LogP contribution in [0.2, 0.25) is 5.02 Å². The first-order valence-corrected chi connectivity index (χ1v) is 7.66. The summed E-state index contributed by atoms with van der Waals surface area (Å²) in [4.78, 5) is 16.5. The molecule has 0 bridgehead atoms. The van der Waals surface area contributed by atoms with Gasteiger partial charge >= 0.3 is 0 Å². The number of carbonyl (C=O) groups excluding carboxylic acids is 1. The van der Waals surface area contributed by atoms with Crippen LogP contribution in [0.3, 0.4) is 0 Å². The number of hydrogen-bond acceptors (Lipinski definition) is 3. The molecule has 0 saturated heterocycles. The Morgan fingerprint density at radius 2 is 2.18 bits per heavy atom. The van der Waals surface area contributed by atoms with E-state index in [2.05, 4.69) is 10.3 Å². The SMILES string of the molecule is CCC(O)CCNC(=O)c1cc(-c2ccccn2)ccc1Cl. The fourth-order valence-corrected chi connectivity index (χ4v) is 2.25. The Labute approximate surface area is 135 Å². The van der Waals surface area contributed by atoms with Crippen LogP contribution >= 0.6 is 11.6 Å². The number of nitrogens with zero attached hydrogens (tertiary/aromatic N) is 1. The fourth-order valence-electron chi connectivity index (χ4n) is 2.04. The summed E-state index contributed by atoms with van der Waals surface area (Å²) in [5, 5.41) is 12.7. The number of amides is 1. The predicted molar refractivity (Wildman–Crippen MR) is 87.9 cm³/mol.